The van der Waals surface area contributed by atoms with E-state index >= 15 is 0 Å². The fourth-order valence-electron chi connectivity index (χ4n) is 4.12. The smallest absolute Gasteiger partial charge is 0.412 e. The third-order valence-corrected chi connectivity index (χ3v) is 5.33. The molecule has 2 aliphatic rings. The molecule has 0 unspecified atom stereocenters. The highest BCUT2D eigenvalue weighted by Crippen LogP contribution is 2.36. The van der Waals surface area contributed by atoms with E-state index in [0.717, 1.165) is 25.4 Å². The van der Waals surface area contributed by atoms with E-state index in [9.17, 15) is 9.59 Å². The Morgan fingerprint density at radius 3 is 2.58 bits per heavy atom. The number of fused-ring (bicyclic) bond motifs is 1. The molecule has 26 heavy (non-hydrogen) atoms. The molecule has 1 aromatic carbocycles. The molecule has 1 aliphatic heterocycles. The number of benzene rings is 1. The molecular formula is C21H30N2O3. The van der Waals surface area contributed by atoms with Crippen LogP contribution in [0.4, 0.5) is 10.5 Å². The molecule has 2 amide bonds. The van der Waals surface area contributed by atoms with Crippen LogP contribution in [0.25, 0.3) is 0 Å². The minimum atomic E-state index is -0.554. The lowest BCUT2D eigenvalue weighted by atomic mass is 9.75. The lowest BCUT2D eigenvalue weighted by Crippen LogP contribution is -2.44. The second-order valence-corrected chi connectivity index (χ2v) is 8.55. The number of hydrogen-bond acceptors (Lipinski definition) is 3. The quantitative estimate of drug-likeness (QED) is 0.834. The van der Waals surface area contributed by atoms with Gasteiger partial charge >= 0.3 is 6.09 Å². The Morgan fingerprint density at radius 1 is 1.12 bits per heavy atom. The van der Waals surface area contributed by atoms with Crippen molar-refractivity contribution in [2.24, 2.45) is 11.8 Å². The summed E-state index contributed by atoms with van der Waals surface area (Å²) >= 11 is 0. The fraction of sp³-hybridized carbons (Fsp3) is 0.619. The Bertz CT molecular complexity index is 665. The summed E-state index contributed by atoms with van der Waals surface area (Å²) in [6, 6.07) is 7.12. The molecule has 2 atom stereocenters. The maximum atomic E-state index is 12.9. The summed E-state index contributed by atoms with van der Waals surface area (Å²) in [7, 11) is 0. The van der Waals surface area contributed by atoms with E-state index in [4.69, 9.17) is 4.74 Å². The molecule has 3 rings (SSSR count). The number of nitrogens with one attached hydrogen (secondary N) is 1. The zero-order valence-corrected chi connectivity index (χ0v) is 16.1. The second-order valence-electron chi connectivity index (χ2n) is 8.55. The average molecular weight is 358 g/mol. The van der Waals surface area contributed by atoms with Crippen LogP contribution in [0.5, 0.6) is 0 Å². The Morgan fingerprint density at radius 2 is 1.85 bits per heavy atom. The topological polar surface area (TPSA) is 58.6 Å². The van der Waals surface area contributed by atoms with Crippen LogP contribution in [-0.4, -0.2) is 35.6 Å². The zero-order valence-electron chi connectivity index (χ0n) is 16.1. The predicted molar refractivity (Wildman–Crippen MR) is 102 cm³/mol. The third-order valence-electron chi connectivity index (χ3n) is 5.33. The summed E-state index contributed by atoms with van der Waals surface area (Å²) in [6.07, 6.45) is 5.81. The number of carbonyl (C=O) groups is 2. The Kier molecular flexibility index (Phi) is 5.54. The van der Waals surface area contributed by atoms with Gasteiger partial charge in [-0.05, 0) is 63.6 Å². The molecule has 1 saturated heterocycles. The van der Waals surface area contributed by atoms with Crippen molar-refractivity contribution < 1.29 is 14.3 Å². The van der Waals surface area contributed by atoms with Crippen molar-refractivity contribution in [1.29, 1.82) is 0 Å². The number of amides is 2. The first-order valence-corrected chi connectivity index (χ1v) is 9.71. The van der Waals surface area contributed by atoms with Crippen molar-refractivity contribution in [3.63, 3.8) is 0 Å². The second kappa shape index (κ2) is 7.68. The van der Waals surface area contributed by atoms with E-state index in [0.29, 0.717) is 17.2 Å². The monoisotopic (exact) mass is 358 g/mol. The molecule has 2 fully saturated rings. The van der Waals surface area contributed by atoms with Gasteiger partial charge in [0.05, 0.1) is 0 Å². The molecule has 0 aromatic heterocycles. The number of likely N-dealkylation sites (tertiary alicyclic amines) is 1. The van der Waals surface area contributed by atoms with Gasteiger partial charge in [-0.1, -0.05) is 25.3 Å². The molecule has 5 heteroatoms. The number of carbonyl (C=O) groups excluding carboxylic acids is 2. The van der Waals surface area contributed by atoms with E-state index in [1.54, 1.807) is 18.2 Å². The Labute approximate surface area is 156 Å². The van der Waals surface area contributed by atoms with Crippen LogP contribution in [0.1, 0.15) is 63.2 Å². The third kappa shape index (κ3) is 4.77. The van der Waals surface area contributed by atoms with Gasteiger partial charge in [-0.25, -0.2) is 4.79 Å². The van der Waals surface area contributed by atoms with Gasteiger partial charge in [-0.3, -0.25) is 10.1 Å². The molecular weight excluding hydrogens is 328 g/mol. The van der Waals surface area contributed by atoms with E-state index in [-0.39, 0.29) is 5.91 Å². The van der Waals surface area contributed by atoms with Gasteiger partial charge in [0.15, 0.2) is 0 Å². The molecule has 0 radical (unpaired) electrons. The lowest BCUT2D eigenvalue weighted by molar-refractivity contribution is 0.0520. The van der Waals surface area contributed by atoms with Crippen molar-refractivity contribution >= 4 is 17.7 Å². The molecule has 1 heterocycles. The molecule has 5 nitrogen and oxygen atoms in total. The van der Waals surface area contributed by atoms with Gasteiger partial charge in [0.2, 0.25) is 0 Å². The highest BCUT2D eigenvalue weighted by molar-refractivity contribution is 5.96. The van der Waals surface area contributed by atoms with E-state index in [1.165, 1.54) is 25.7 Å². The molecule has 1 N–H and O–H groups in total. The van der Waals surface area contributed by atoms with Crippen molar-refractivity contribution in [2.45, 2.75) is 58.5 Å². The molecule has 1 aromatic rings. The molecule has 142 valence electrons. The number of nitrogens with zero attached hydrogens (tertiary/aromatic N) is 1. The summed E-state index contributed by atoms with van der Waals surface area (Å²) in [5, 5.41) is 2.71. The molecule has 1 aliphatic carbocycles. The summed E-state index contributed by atoms with van der Waals surface area (Å²) in [5.74, 6) is 1.51. The average Bonchev–Trinajstić information content (AvgIpc) is 2.59. The highest BCUT2D eigenvalue weighted by Gasteiger charge is 2.33. The maximum Gasteiger partial charge on any atom is 0.412 e. The Balaban J connectivity index is 1.64. The van der Waals surface area contributed by atoms with E-state index in [1.807, 2.05) is 31.7 Å². The molecule has 0 spiro atoms. The molecule has 1 saturated carbocycles. The summed E-state index contributed by atoms with van der Waals surface area (Å²) in [4.78, 5) is 26.8. The van der Waals surface area contributed by atoms with Crippen LogP contribution in [0, 0.1) is 11.8 Å². The summed E-state index contributed by atoms with van der Waals surface area (Å²) in [6.45, 7) is 7.17. The van der Waals surface area contributed by atoms with Crippen molar-refractivity contribution in [2.75, 3.05) is 18.4 Å². The van der Waals surface area contributed by atoms with Crippen LogP contribution in [0.3, 0.4) is 0 Å². The number of rotatable bonds is 2. The minimum Gasteiger partial charge on any atom is -0.444 e. The van der Waals surface area contributed by atoms with Crippen LogP contribution >= 0.6 is 0 Å². The Hall–Kier alpha value is -2.04. The largest absolute Gasteiger partial charge is 0.444 e. The SMILES string of the molecule is CC(C)(C)OC(=O)Nc1cccc(C(=O)N2CC[C@@H]3CCCC[C@@H]3C2)c1. The maximum absolute atomic E-state index is 12.9. The first-order chi connectivity index (χ1) is 12.3. The summed E-state index contributed by atoms with van der Waals surface area (Å²) < 4.78 is 5.27. The van der Waals surface area contributed by atoms with Crippen LogP contribution in [0.15, 0.2) is 24.3 Å². The number of anilines is 1. The zero-order chi connectivity index (χ0) is 18.7. The standard InChI is InChI=1S/C21H30N2O3/c1-21(2,3)26-20(25)22-18-10-6-9-16(13-18)19(24)23-12-11-15-7-4-5-8-17(15)14-23/h6,9-10,13,15,17H,4-5,7-8,11-12,14H2,1-3H3,(H,22,25)/t15-,17+/m0/s1. The molecule has 0 bridgehead atoms. The van der Waals surface area contributed by atoms with Crippen molar-refractivity contribution in [3.8, 4) is 0 Å². The number of ether oxygens (including phenoxy) is 1. The first-order valence-electron chi connectivity index (χ1n) is 9.71. The van der Waals surface area contributed by atoms with Gasteiger partial charge < -0.3 is 9.64 Å². The van der Waals surface area contributed by atoms with Crippen molar-refractivity contribution in [1.82, 2.24) is 4.90 Å². The number of piperidine rings is 1. The van der Waals surface area contributed by atoms with Crippen LogP contribution in [-0.2, 0) is 4.74 Å². The van der Waals surface area contributed by atoms with E-state index in [2.05, 4.69) is 5.32 Å². The normalized spacial score (nSPS) is 23.1. The predicted octanol–water partition coefficient (Wildman–Crippen LogP) is 4.69. The van der Waals surface area contributed by atoms with Gasteiger partial charge in [0, 0.05) is 24.3 Å². The van der Waals surface area contributed by atoms with Gasteiger partial charge in [-0.2, -0.15) is 0 Å². The first kappa shape index (κ1) is 18.7. The van der Waals surface area contributed by atoms with Crippen LogP contribution in [0.2, 0.25) is 0 Å². The van der Waals surface area contributed by atoms with Gasteiger partial charge in [0.1, 0.15) is 5.60 Å². The van der Waals surface area contributed by atoms with Gasteiger partial charge in [0.25, 0.3) is 5.91 Å². The lowest BCUT2D eigenvalue weighted by Gasteiger charge is -2.41. The summed E-state index contributed by atoms with van der Waals surface area (Å²) in [5.41, 5.74) is 0.646. The minimum absolute atomic E-state index is 0.0573. The fourth-order valence-corrected chi connectivity index (χ4v) is 4.12. The highest BCUT2D eigenvalue weighted by atomic mass is 16.6. The van der Waals surface area contributed by atoms with Gasteiger partial charge in [-0.15, -0.1) is 0 Å². The van der Waals surface area contributed by atoms with Crippen LogP contribution < -0.4 is 5.32 Å². The number of hydrogen-bond donors (Lipinski definition) is 1. The van der Waals surface area contributed by atoms with E-state index < -0.39 is 11.7 Å². The van der Waals surface area contributed by atoms with Crippen molar-refractivity contribution in [3.05, 3.63) is 29.8 Å².